The molecule has 0 radical (unpaired) electrons. The molecule has 6 heteroatoms. The number of carbonyl (C=O) groups excluding carboxylic acids is 3. The highest BCUT2D eigenvalue weighted by atomic mass is 16.6. The van der Waals surface area contributed by atoms with Gasteiger partial charge in [-0.3, -0.25) is 14.4 Å². The summed E-state index contributed by atoms with van der Waals surface area (Å²) in [6.07, 6.45) is 54.4. The first-order valence-electron chi connectivity index (χ1n) is 22.2. The van der Waals surface area contributed by atoms with Crippen LogP contribution in [0.15, 0.2) is 85.1 Å². The van der Waals surface area contributed by atoms with Gasteiger partial charge in [-0.1, -0.05) is 176 Å². The molecular formula is C49H80O6. The molecule has 0 aliphatic rings. The Morgan fingerprint density at radius 2 is 0.745 bits per heavy atom. The highest BCUT2D eigenvalue weighted by Crippen LogP contribution is 2.12. The summed E-state index contributed by atoms with van der Waals surface area (Å²) >= 11 is 0. The van der Waals surface area contributed by atoms with Crippen LogP contribution in [-0.2, 0) is 28.6 Å². The Balaban J connectivity index is 4.51. The molecule has 0 aromatic carbocycles. The Morgan fingerprint density at radius 3 is 1.24 bits per heavy atom. The van der Waals surface area contributed by atoms with E-state index in [0.29, 0.717) is 25.7 Å². The molecule has 0 saturated heterocycles. The van der Waals surface area contributed by atoms with E-state index < -0.39 is 12.1 Å². The lowest BCUT2D eigenvalue weighted by Gasteiger charge is -2.18. The van der Waals surface area contributed by atoms with Crippen LogP contribution in [0.4, 0.5) is 0 Å². The van der Waals surface area contributed by atoms with Crippen LogP contribution in [-0.4, -0.2) is 37.2 Å². The molecule has 0 aromatic heterocycles. The van der Waals surface area contributed by atoms with Gasteiger partial charge in [0.05, 0.1) is 0 Å². The van der Waals surface area contributed by atoms with E-state index in [1.165, 1.54) is 89.9 Å². The Bertz CT molecular complexity index is 1110. The summed E-state index contributed by atoms with van der Waals surface area (Å²) in [5.74, 6) is -1.04. The van der Waals surface area contributed by atoms with E-state index in [0.717, 1.165) is 44.9 Å². The van der Waals surface area contributed by atoms with E-state index in [2.05, 4.69) is 51.2 Å². The van der Waals surface area contributed by atoms with Gasteiger partial charge in [-0.2, -0.15) is 0 Å². The lowest BCUT2D eigenvalue weighted by atomic mass is 10.1. The topological polar surface area (TPSA) is 78.9 Å². The predicted molar refractivity (Wildman–Crippen MR) is 233 cm³/mol. The second kappa shape index (κ2) is 43.3. The van der Waals surface area contributed by atoms with Gasteiger partial charge in [0, 0.05) is 19.3 Å². The number of hydrogen-bond donors (Lipinski definition) is 0. The first-order valence-corrected chi connectivity index (χ1v) is 22.2. The highest BCUT2D eigenvalue weighted by Gasteiger charge is 2.19. The minimum Gasteiger partial charge on any atom is -0.462 e. The van der Waals surface area contributed by atoms with Crippen molar-refractivity contribution < 1.29 is 28.6 Å². The monoisotopic (exact) mass is 765 g/mol. The van der Waals surface area contributed by atoms with Gasteiger partial charge in [0.2, 0.25) is 0 Å². The average molecular weight is 765 g/mol. The zero-order chi connectivity index (χ0) is 40.1. The van der Waals surface area contributed by atoms with Crippen LogP contribution in [0.25, 0.3) is 0 Å². The van der Waals surface area contributed by atoms with Crippen molar-refractivity contribution in [1.29, 1.82) is 0 Å². The Labute approximate surface area is 337 Å². The number of unbranched alkanes of at least 4 members (excludes halogenated alkanes) is 17. The van der Waals surface area contributed by atoms with Crippen LogP contribution in [0.5, 0.6) is 0 Å². The zero-order valence-corrected chi connectivity index (χ0v) is 35.4. The summed E-state index contributed by atoms with van der Waals surface area (Å²) in [4.78, 5) is 37.6. The molecule has 0 saturated carbocycles. The van der Waals surface area contributed by atoms with E-state index in [9.17, 15) is 14.4 Å². The van der Waals surface area contributed by atoms with Crippen LogP contribution in [0.3, 0.4) is 0 Å². The molecule has 0 aliphatic carbocycles. The first kappa shape index (κ1) is 51.6. The molecule has 0 bridgehead atoms. The molecule has 55 heavy (non-hydrogen) atoms. The van der Waals surface area contributed by atoms with Crippen LogP contribution >= 0.6 is 0 Å². The second-order valence-electron chi connectivity index (χ2n) is 14.3. The van der Waals surface area contributed by atoms with E-state index in [4.69, 9.17) is 14.2 Å². The smallest absolute Gasteiger partial charge is 0.306 e. The summed E-state index contributed by atoms with van der Waals surface area (Å²) in [6.45, 7) is 6.32. The van der Waals surface area contributed by atoms with Crippen molar-refractivity contribution >= 4 is 17.9 Å². The van der Waals surface area contributed by atoms with E-state index in [1.807, 2.05) is 54.7 Å². The van der Waals surface area contributed by atoms with Gasteiger partial charge < -0.3 is 14.2 Å². The molecule has 6 nitrogen and oxygen atoms in total. The molecule has 1 atom stereocenters. The minimum absolute atomic E-state index is 0.117. The molecule has 312 valence electrons. The number of allylic oxidation sites excluding steroid dienone is 14. The van der Waals surface area contributed by atoms with Crippen molar-refractivity contribution in [3.05, 3.63) is 85.1 Å². The number of rotatable bonds is 38. The summed E-state index contributed by atoms with van der Waals surface area (Å²) in [6, 6.07) is 0. The highest BCUT2D eigenvalue weighted by molar-refractivity contribution is 5.71. The lowest BCUT2D eigenvalue weighted by molar-refractivity contribution is -0.167. The zero-order valence-electron chi connectivity index (χ0n) is 35.4. The molecule has 0 heterocycles. The van der Waals surface area contributed by atoms with Crippen LogP contribution in [0.2, 0.25) is 0 Å². The molecule has 0 aromatic rings. The normalized spacial score (nSPS) is 12.9. The van der Waals surface area contributed by atoms with Gasteiger partial charge in [0.15, 0.2) is 6.10 Å². The maximum atomic E-state index is 12.7. The van der Waals surface area contributed by atoms with Crippen molar-refractivity contribution in [2.24, 2.45) is 0 Å². The van der Waals surface area contributed by atoms with Gasteiger partial charge in [-0.05, 0) is 77.0 Å². The van der Waals surface area contributed by atoms with Crippen molar-refractivity contribution in [3.8, 4) is 0 Å². The summed E-state index contributed by atoms with van der Waals surface area (Å²) in [5.41, 5.74) is 0. The Morgan fingerprint density at radius 1 is 0.382 bits per heavy atom. The predicted octanol–water partition coefficient (Wildman–Crippen LogP) is 14.1. The van der Waals surface area contributed by atoms with E-state index >= 15 is 0 Å². The molecular weight excluding hydrogens is 685 g/mol. The Kier molecular flexibility index (Phi) is 40.6. The van der Waals surface area contributed by atoms with Crippen molar-refractivity contribution in [1.82, 2.24) is 0 Å². The average Bonchev–Trinajstić information content (AvgIpc) is 3.18. The van der Waals surface area contributed by atoms with Crippen LogP contribution in [0.1, 0.15) is 188 Å². The molecule has 0 aliphatic heterocycles. The number of carbonyl (C=O) groups is 3. The molecule has 0 amide bonds. The minimum atomic E-state index is -0.823. The fraction of sp³-hybridized carbons (Fsp3) is 0.653. The number of ether oxygens (including phenoxy) is 3. The van der Waals surface area contributed by atoms with Gasteiger partial charge in [-0.15, -0.1) is 0 Å². The van der Waals surface area contributed by atoms with Crippen LogP contribution < -0.4 is 0 Å². The molecule has 1 unspecified atom stereocenters. The standard InChI is InChI=1S/C49H80O6/c1-4-7-10-13-16-19-21-23-24-26-27-30-33-36-39-42-48(51)54-45-46(44-53-47(50)41-38-35-32-29-18-15-12-9-6-3)55-49(52)43-40-37-34-31-28-25-22-20-17-14-11-8-5-2/h8,11,14,17,19-22,25,28-29,31-32,34,46H,4-7,9-10,12-13,15-16,18,23-24,26-27,30,33,35-45H2,1-3H3/b11-8-,17-14-,21-19-,22-20-,28-25-,32-29-,34-31-. The third-order valence-corrected chi connectivity index (χ3v) is 8.98. The van der Waals surface area contributed by atoms with Gasteiger partial charge >= 0.3 is 17.9 Å². The van der Waals surface area contributed by atoms with Gasteiger partial charge in [0.25, 0.3) is 0 Å². The third-order valence-electron chi connectivity index (χ3n) is 8.98. The molecule has 0 fully saturated rings. The van der Waals surface area contributed by atoms with E-state index in [1.54, 1.807) is 0 Å². The van der Waals surface area contributed by atoms with Gasteiger partial charge in [-0.25, -0.2) is 0 Å². The van der Waals surface area contributed by atoms with Gasteiger partial charge in [0.1, 0.15) is 13.2 Å². The Hall–Kier alpha value is -3.41. The second-order valence-corrected chi connectivity index (χ2v) is 14.3. The maximum absolute atomic E-state index is 12.7. The van der Waals surface area contributed by atoms with Crippen molar-refractivity contribution in [3.63, 3.8) is 0 Å². The summed E-state index contributed by atoms with van der Waals surface area (Å²) in [5, 5.41) is 0. The fourth-order valence-corrected chi connectivity index (χ4v) is 5.64. The van der Waals surface area contributed by atoms with E-state index in [-0.39, 0.29) is 31.6 Å². The van der Waals surface area contributed by atoms with Crippen molar-refractivity contribution in [2.45, 2.75) is 194 Å². The molecule has 0 N–H and O–H groups in total. The molecule has 0 spiro atoms. The SMILES string of the molecule is CC\C=C/C=C\C=C/C=C\C=C/CCCC(=O)OC(COC(=O)CCC/C=C\CCCCCC)COC(=O)CCCCCCCCC/C=C\CCCCCC. The van der Waals surface area contributed by atoms with Crippen molar-refractivity contribution in [2.75, 3.05) is 13.2 Å². The number of esters is 3. The summed E-state index contributed by atoms with van der Waals surface area (Å²) in [7, 11) is 0. The van der Waals surface area contributed by atoms with Crippen LogP contribution in [0, 0.1) is 0 Å². The molecule has 0 rings (SSSR count). The quantitative estimate of drug-likeness (QED) is 0.0205. The summed E-state index contributed by atoms with van der Waals surface area (Å²) < 4.78 is 16.6. The maximum Gasteiger partial charge on any atom is 0.306 e. The third kappa shape index (κ3) is 41.6. The lowest BCUT2D eigenvalue weighted by Crippen LogP contribution is -2.30. The largest absolute Gasteiger partial charge is 0.462 e. The number of hydrogen-bond acceptors (Lipinski definition) is 6. The first-order chi connectivity index (χ1) is 27.0. The fourth-order valence-electron chi connectivity index (χ4n) is 5.64.